The fraction of sp³-hybridized carbons (Fsp3) is 0.0556. The maximum atomic E-state index is 13.8. The SMILES string of the molecule is Cc1cnc(Nc2cccc(F)c2F)nc1Nc1ccc2oc(=O)[nH]c2c1. The maximum Gasteiger partial charge on any atom is 0.417 e. The van der Waals surface area contributed by atoms with Gasteiger partial charge in [-0.3, -0.25) is 4.98 Å². The fourth-order valence-electron chi connectivity index (χ4n) is 2.52. The number of fused-ring (bicyclic) bond motifs is 1. The van der Waals surface area contributed by atoms with Crippen molar-refractivity contribution in [1.82, 2.24) is 15.0 Å². The predicted molar refractivity (Wildman–Crippen MR) is 96.5 cm³/mol. The van der Waals surface area contributed by atoms with Crippen LogP contribution in [0.2, 0.25) is 0 Å². The molecule has 0 amide bonds. The van der Waals surface area contributed by atoms with E-state index in [-0.39, 0.29) is 11.6 Å². The number of nitrogens with zero attached hydrogens (tertiary/aromatic N) is 2. The molecule has 0 aliphatic rings. The molecule has 2 aromatic carbocycles. The lowest BCUT2D eigenvalue weighted by Crippen LogP contribution is -2.04. The summed E-state index contributed by atoms with van der Waals surface area (Å²) in [7, 11) is 0. The second-order valence-electron chi connectivity index (χ2n) is 5.80. The third-order valence-corrected chi connectivity index (χ3v) is 3.85. The van der Waals surface area contributed by atoms with Gasteiger partial charge in [0.25, 0.3) is 0 Å². The molecular weight excluding hydrogens is 356 g/mol. The highest BCUT2D eigenvalue weighted by molar-refractivity contribution is 5.78. The van der Waals surface area contributed by atoms with Crippen LogP contribution in [-0.2, 0) is 0 Å². The van der Waals surface area contributed by atoms with Gasteiger partial charge in [-0.2, -0.15) is 4.98 Å². The molecule has 9 heteroatoms. The summed E-state index contributed by atoms with van der Waals surface area (Å²) in [4.78, 5) is 22.2. The number of oxazole rings is 1. The lowest BCUT2D eigenvalue weighted by molar-refractivity contribution is 0.511. The molecule has 0 bridgehead atoms. The van der Waals surface area contributed by atoms with Crippen molar-refractivity contribution in [1.29, 1.82) is 0 Å². The Bertz CT molecular complexity index is 1200. The highest BCUT2D eigenvalue weighted by atomic mass is 19.2. The monoisotopic (exact) mass is 369 g/mol. The van der Waals surface area contributed by atoms with Gasteiger partial charge >= 0.3 is 5.76 Å². The molecule has 2 aromatic heterocycles. The van der Waals surface area contributed by atoms with Crippen molar-refractivity contribution < 1.29 is 13.2 Å². The molecule has 4 aromatic rings. The number of halogens is 2. The first kappa shape index (κ1) is 16.7. The molecule has 0 saturated heterocycles. The number of anilines is 4. The summed E-state index contributed by atoms with van der Waals surface area (Å²) < 4.78 is 32.1. The summed E-state index contributed by atoms with van der Waals surface area (Å²) in [5.74, 6) is -1.94. The number of hydrogen-bond acceptors (Lipinski definition) is 6. The van der Waals surface area contributed by atoms with Gasteiger partial charge in [-0.15, -0.1) is 0 Å². The van der Waals surface area contributed by atoms with Crippen LogP contribution >= 0.6 is 0 Å². The van der Waals surface area contributed by atoms with Crippen LogP contribution in [0.5, 0.6) is 0 Å². The largest absolute Gasteiger partial charge is 0.417 e. The summed E-state index contributed by atoms with van der Waals surface area (Å²) in [5, 5.41) is 5.76. The molecule has 0 fully saturated rings. The quantitative estimate of drug-likeness (QED) is 0.503. The van der Waals surface area contributed by atoms with E-state index in [1.807, 2.05) is 0 Å². The predicted octanol–water partition coefficient (Wildman–Crippen LogP) is 3.98. The number of aryl methyl sites for hydroxylation is 1. The first-order valence-corrected chi connectivity index (χ1v) is 7.94. The van der Waals surface area contributed by atoms with E-state index < -0.39 is 17.4 Å². The van der Waals surface area contributed by atoms with Crippen molar-refractivity contribution in [3.05, 3.63) is 70.3 Å². The average Bonchev–Trinajstić information content (AvgIpc) is 3.01. The first-order chi connectivity index (χ1) is 13.0. The lowest BCUT2D eigenvalue weighted by Gasteiger charge is -2.11. The number of aromatic nitrogens is 3. The van der Waals surface area contributed by atoms with Crippen molar-refractivity contribution >= 4 is 34.2 Å². The van der Waals surface area contributed by atoms with E-state index in [1.54, 1.807) is 31.3 Å². The number of H-pyrrole nitrogens is 1. The minimum absolute atomic E-state index is 0.0674. The Labute approximate surface area is 151 Å². The van der Waals surface area contributed by atoms with Gasteiger partial charge in [-0.25, -0.2) is 18.6 Å². The zero-order valence-corrected chi connectivity index (χ0v) is 14.0. The van der Waals surface area contributed by atoms with Gasteiger partial charge in [0.05, 0.1) is 11.2 Å². The molecule has 27 heavy (non-hydrogen) atoms. The van der Waals surface area contributed by atoms with E-state index in [2.05, 4.69) is 25.6 Å². The Hall–Kier alpha value is -3.75. The van der Waals surface area contributed by atoms with Crippen LogP contribution in [0.4, 0.5) is 31.9 Å². The van der Waals surface area contributed by atoms with E-state index >= 15 is 0 Å². The standard InChI is InChI=1S/C18H13F2N5O2/c1-9-8-21-17(23-12-4-2-3-11(19)15(12)20)25-16(9)22-10-5-6-14-13(7-10)24-18(26)27-14/h2-8H,1H3,(H,24,26)(H2,21,22,23,25). The summed E-state index contributed by atoms with van der Waals surface area (Å²) in [6, 6.07) is 8.86. The van der Waals surface area contributed by atoms with Gasteiger partial charge in [0.1, 0.15) is 5.82 Å². The second-order valence-corrected chi connectivity index (χ2v) is 5.80. The minimum Gasteiger partial charge on any atom is -0.408 e. The zero-order valence-electron chi connectivity index (χ0n) is 14.0. The molecule has 0 radical (unpaired) electrons. The van der Waals surface area contributed by atoms with Crippen molar-refractivity contribution in [3.63, 3.8) is 0 Å². The van der Waals surface area contributed by atoms with Crippen LogP contribution < -0.4 is 16.4 Å². The van der Waals surface area contributed by atoms with Gasteiger partial charge in [0.2, 0.25) is 5.95 Å². The Morgan fingerprint density at radius 1 is 1.15 bits per heavy atom. The fourth-order valence-corrected chi connectivity index (χ4v) is 2.52. The molecule has 0 unspecified atom stereocenters. The van der Waals surface area contributed by atoms with Gasteiger partial charge in [-0.1, -0.05) is 6.07 Å². The third-order valence-electron chi connectivity index (χ3n) is 3.85. The maximum absolute atomic E-state index is 13.8. The van der Waals surface area contributed by atoms with Crippen LogP contribution in [0.25, 0.3) is 11.1 Å². The van der Waals surface area contributed by atoms with E-state index in [0.29, 0.717) is 22.6 Å². The number of hydrogen-bond donors (Lipinski definition) is 3. The zero-order chi connectivity index (χ0) is 19.0. The Kier molecular flexibility index (Phi) is 4.03. The van der Waals surface area contributed by atoms with Gasteiger partial charge in [-0.05, 0) is 37.3 Å². The third kappa shape index (κ3) is 3.34. The molecule has 0 aliphatic heterocycles. The first-order valence-electron chi connectivity index (χ1n) is 7.94. The van der Waals surface area contributed by atoms with Crippen molar-refractivity contribution in [2.45, 2.75) is 6.92 Å². The summed E-state index contributed by atoms with van der Waals surface area (Å²) in [6.45, 7) is 1.80. The van der Waals surface area contributed by atoms with Crippen molar-refractivity contribution in [2.75, 3.05) is 10.6 Å². The minimum atomic E-state index is -1.01. The lowest BCUT2D eigenvalue weighted by atomic mass is 10.2. The van der Waals surface area contributed by atoms with Gasteiger partial charge in [0, 0.05) is 17.4 Å². The molecule has 0 saturated carbocycles. The Balaban J connectivity index is 1.63. The van der Waals surface area contributed by atoms with Crippen LogP contribution in [0.1, 0.15) is 5.56 Å². The van der Waals surface area contributed by atoms with Gasteiger partial charge < -0.3 is 15.1 Å². The molecule has 0 aliphatic carbocycles. The number of aromatic amines is 1. The molecule has 136 valence electrons. The topological polar surface area (TPSA) is 95.8 Å². The summed E-state index contributed by atoms with van der Waals surface area (Å²) in [5.41, 5.74) is 2.30. The molecule has 0 spiro atoms. The number of rotatable bonds is 4. The van der Waals surface area contributed by atoms with Crippen LogP contribution in [-0.4, -0.2) is 15.0 Å². The normalized spacial score (nSPS) is 10.9. The van der Waals surface area contributed by atoms with Crippen LogP contribution in [0.15, 0.2) is 51.8 Å². The van der Waals surface area contributed by atoms with E-state index in [9.17, 15) is 13.6 Å². The Morgan fingerprint density at radius 3 is 2.85 bits per heavy atom. The van der Waals surface area contributed by atoms with E-state index in [4.69, 9.17) is 4.42 Å². The molecule has 7 nitrogen and oxygen atoms in total. The highest BCUT2D eigenvalue weighted by Crippen LogP contribution is 2.24. The average molecular weight is 369 g/mol. The molecule has 0 atom stereocenters. The second kappa shape index (κ2) is 6.52. The van der Waals surface area contributed by atoms with Gasteiger partial charge in [0.15, 0.2) is 17.2 Å². The Morgan fingerprint density at radius 2 is 2.00 bits per heavy atom. The van der Waals surface area contributed by atoms with E-state index in [0.717, 1.165) is 11.6 Å². The molecule has 3 N–H and O–H groups in total. The van der Waals surface area contributed by atoms with E-state index in [1.165, 1.54) is 12.1 Å². The molecular formula is C18H13F2N5O2. The highest BCUT2D eigenvalue weighted by Gasteiger charge is 2.11. The number of benzene rings is 2. The smallest absolute Gasteiger partial charge is 0.408 e. The van der Waals surface area contributed by atoms with Crippen LogP contribution in [0.3, 0.4) is 0 Å². The summed E-state index contributed by atoms with van der Waals surface area (Å²) in [6.07, 6.45) is 1.55. The molecule has 2 heterocycles. The molecule has 4 rings (SSSR count). The summed E-state index contributed by atoms with van der Waals surface area (Å²) >= 11 is 0. The van der Waals surface area contributed by atoms with Crippen molar-refractivity contribution in [2.24, 2.45) is 0 Å². The van der Waals surface area contributed by atoms with Crippen LogP contribution in [0, 0.1) is 18.6 Å². The van der Waals surface area contributed by atoms with Crippen molar-refractivity contribution in [3.8, 4) is 0 Å². The number of nitrogens with one attached hydrogen (secondary N) is 3.